The molecule has 0 aromatic heterocycles. The van der Waals surface area contributed by atoms with Crippen LogP contribution in [0.1, 0.15) is 5.56 Å². The minimum Gasteiger partial charge on any atom is -0.397 e. The summed E-state index contributed by atoms with van der Waals surface area (Å²) in [6.45, 7) is 0. The predicted molar refractivity (Wildman–Crippen MR) is 49.6 cm³/mol. The first-order valence-electron chi connectivity index (χ1n) is 3.01. The van der Waals surface area contributed by atoms with E-state index in [-0.39, 0.29) is 5.84 Å². The third-order valence-electron chi connectivity index (χ3n) is 1.34. The molecule has 11 heavy (non-hydrogen) atoms. The number of anilines is 1. The van der Waals surface area contributed by atoms with E-state index < -0.39 is 0 Å². The fraction of sp³-hybridized carbons (Fsp3) is 0. The van der Waals surface area contributed by atoms with Gasteiger partial charge in [-0.05, 0) is 28.1 Å². The topological polar surface area (TPSA) is 75.9 Å². The molecule has 0 saturated carbocycles. The highest BCUT2D eigenvalue weighted by Crippen LogP contribution is 2.22. The van der Waals surface area contributed by atoms with E-state index in [1.165, 1.54) is 0 Å². The quantitative estimate of drug-likeness (QED) is 0.374. The molecule has 4 heteroatoms. The van der Waals surface area contributed by atoms with Crippen LogP contribution < -0.4 is 11.5 Å². The number of para-hydroxylation sites is 1. The van der Waals surface area contributed by atoms with Crippen LogP contribution in [0.25, 0.3) is 0 Å². The van der Waals surface area contributed by atoms with Crippen molar-refractivity contribution in [2.75, 3.05) is 5.73 Å². The first-order valence-corrected chi connectivity index (χ1v) is 3.80. The van der Waals surface area contributed by atoms with E-state index in [9.17, 15) is 0 Å². The van der Waals surface area contributed by atoms with Gasteiger partial charge in [0.15, 0.2) is 0 Å². The Kier molecular flexibility index (Phi) is 2.14. The molecule has 0 atom stereocenters. The van der Waals surface area contributed by atoms with Crippen LogP contribution in [-0.2, 0) is 0 Å². The number of amidine groups is 1. The molecule has 1 rings (SSSR count). The molecule has 0 aliphatic carbocycles. The van der Waals surface area contributed by atoms with Crippen molar-refractivity contribution in [1.29, 1.82) is 5.41 Å². The molecule has 1 aromatic rings. The molecule has 0 unspecified atom stereocenters. The number of nitrogens with two attached hydrogens (primary N) is 2. The molecular formula is C7H8BrN3. The van der Waals surface area contributed by atoms with Gasteiger partial charge < -0.3 is 11.5 Å². The number of halogens is 1. The molecule has 1 aromatic carbocycles. The summed E-state index contributed by atoms with van der Waals surface area (Å²) in [5, 5.41) is 7.15. The smallest absolute Gasteiger partial charge is 0.124 e. The second-order valence-electron chi connectivity index (χ2n) is 2.11. The lowest BCUT2D eigenvalue weighted by atomic mass is 10.2. The van der Waals surface area contributed by atoms with Gasteiger partial charge in [-0.25, -0.2) is 0 Å². The second-order valence-corrected chi connectivity index (χ2v) is 2.97. The number of benzene rings is 1. The van der Waals surface area contributed by atoms with E-state index >= 15 is 0 Å². The van der Waals surface area contributed by atoms with E-state index in [1.54, 1.807) is 12.1 Å². The first-order chi connectivity index (χ1) is 5.13. The van der Waals surface area contributed by atoms with E-state index in [0.29, 0.717) is 11.3 Å². The van der Waals surface area contributed by atoms with Crippen LogP contribution >= 0.6 is 15.9 Å². The van der Waals surface area contributed by atoms with E-state index in [0.717, 1.165) is 4.47 Å². The SMILES string of the molecule is N=C(N)c1cccc(Br)c1N. The summed E-state index contributed by atoms with van der Waals surface area (Å²) >= 11 is 3.24. The summed E-state index contributed by atoms with van der Waals surface area (Å²) in [6, 6.07) is 5.31. The molecule has 0 aliphatic heterocycles. The fourth-order valence-electron chi connectivity index (χ4n) is 0.772. The largest absolute Gasteiger partial charge is 0.397 e. The summed E-state index contributed by atoms with van der Waals surface area (Å²) in [4.78, 5) is 0. The lowest BCUT2D eigenvalue weighted by Gasteiger charge is -2.03. The van der Waals surface area contributed by atoms with Crippen LogP contribution in [0.15, 0.2) is 22.7 Å². The Bertz CT molecular complexity index is 296. The van der Waals surface area contributed by atoms with Crippen molar-refractivity contribution in [1.82, 2.24) is 0 Å². The van der Waals surface area contributed by atoms with Gasteiger partial charge in [-0.2, -0.15) is 0 Å². The normalized spacial score (nSPS) is 9.55. The third kappa shape index (κ3) is 1.51. The molecular weight excluding hydrogens is 206 g/mol. The zero-order valence-corrected chi connectivity index (χ0v) is 7.35. The number of nitrogen functional groups attached to an aromatic ring is 2. The molecule has 0 spiro atoms. The van der Waals surface area contributed by atoms with Crippen molar-refractivity contribution in [2.45, 2.75) is 0 Å². The average Bonchev–Trinajstić information content (AvgIpc) is 1.94. The highest BCUT2D eigenvalue weighted by atomic mass is 79.9. The summed E-state index contributed by atoms with van der Waals surface area (Å²) in [5.41, 5.74) is 12.0. The van der Waals surface area contributed by atoms with Crippen LogP contribution in [0.4, 0.5) is 5.69 Å². The van der Waals surface area contributed by atoms with Crippen molar-refractivity contribution < 1.29 is 0 Å². The number of hydrogen-bond acceptors (Lipinski definition) is 2. The van der Waals surface area contributed by atoms with Gasteiger partial charge in [0, 0.05) is 10.0 Å². The van der Waals surface area contributed by atoms with Gasteiger partial charge in [0.2, 0.25) is 0 Å². The zero-order valence-electron chi connectivity index (χ0n) is 5.76. The minimum atomic E-state index is -0.0104. The Hall–Kier alpha value is -1.03. The van der Waals surface area contributed by atoms with Crippen molar-refractivity contribution in [3.63, 3.8) is 0 Å². The lowest BCUT2D eigenvalue weighted by molar-refractivity contribution is 1.42. The highest BCUT2D eigenvalue weighted by Gasteiger charge is 2.03. The molecule has 3 nitrogen and oxygen atoms in total. The van der Waals surface area contributed by atoms with Crippen LogP contribution in [0.5, 0.6) is 0 Å². The highest BCUT2D eigenvalue weighted by molar-refractivity contribution is 9.10. The van der Waals surface area contributed by atoms with Gasteiger partial charge in [-0.1, -0.05) is 6.07 Å². The fourth-order valence-corrected chi connectivity index (χ4v) is 1.14. The van der Waals surface area contributed by atoms with Gasteiger partial charge in [0.05, 0.1) is 5.69 Å². The number of hydrogen-bond donors (Lipinski definition) is 3. The van der Waals surface area contributed by atoms with Crippen LogP contribution in [-0.4, -0.2) is 5.84 Å². The molecule has 0 amide bonds. The Labute approximate surface area is 73.0 Å². The predicted octanol–water partition coefficient (Wildman–Crippen LogP) is 1.32. The van der Waals surface area contributed by atoms with Gasteiger partial charge >= 0.3 is 0 Å². The monoisotopic (exact) mass is 213 g/mol. The maximum Gasteiger partial charge on any atom is 0.124 e. The van der Waals surface area contributed by atoms with Gasteiger partial charge in [0.25, 0.3) is 0 Å². The molecule has 0 saturated heterocycles. The van der Waals surface area contributed by atoms with Crippen molar-refractivity contribution in [3.05, 3.63) is 28.2 Å². The van der Waals surface area contributed by atoms with Crippen molar-refractivity contribution >= 4 is 27.5 Å². The standard InChI is InChI=1S/C7H8BrN3/c8-5-3-1-2-4(6(5)9)7(10)11/h1-3H,9H2,(H3,10,11). The molecule has 0 fully saturated rings. The maximum absolute atomic E-state index is 7.15. The third-order valence-corrected chi connectivity index (χ3v) is 2.03. The molecule has 0 aliphatic rings. The summed E-state index contributed by atoms with van der Waals surface area (Å²) in [5.74, 6) is -0.0104. The Morgan fingerprint density at radius 3 is 2.55 bits per heavy atom. The van der Waals surface area contributed by atoms with Gasteiger partial charge in [-0.3, -0.25) is 5.41 Å². The average molecular weight is 214 g/mol. The minimum absolute atomic E-state index is 0.0104. The van der Waals surface area contributed by atoms with E-state index in [4.69, 9.17) is 16.9 Å². The summed E-state index contributed by atoms with van der Waals surface area (Å²) in [7, 11) is 0. The molecule has 58 valence electrons. The van der Waals surface area contributed by atoms with Crippen LogP contribution in [0.2, 0.25) is 0 Å². The number of rotatable bonds is 1. The Morgan fingerprint density at radius 1 is 1.45 bits per heavy atom. The molecule has 0 radical (unpaired) electrons. The van der Waals surface area contributed by atoms with Crippen molar-refractivity contribution in [3.8, 4) is 0 Å². The summed E-state index contributed by atoms with van der Waals surface area (Å²) in [6.07, 6.45) is 0. The van der Waals surface area contributed by atoms with E-state index in [2.05, 4.69) is 15.9 Å². The maximum atomic E-state index is 7.15. The van der Waals surface area contributed by atoms with Crippen LogP contribution in [0.3, 0.4) is 0 Å². The molecule has 5 N–H and O–H groups in total. The van der Waals surface area contributed by atoms with Gasteiger partial charge in [0.1, 0.15) is 5.84 Å². The zero-order chi connectivity index (χ0) is 8.43. The van der Waals surface area contributed by atoms with E-state index in [1.807, 2.05) is 6.07 Å². The van der Waals surface area contributed by atoms with Gasteiger partial charge in [-0.15, -0.1) is 0 Å². The summed E-state index contributed by atoms with van der Waals surface area (Å²) < 4.78 is 0.769. The van der Waals surface area contributed by atoms with Crippen molar-refractivity contribution in [2.24, 2.45) is 5.73 Å². The lowest BCUT2D eigenvalue weighted by Crippen LogP contribution is -2.13. The van der Waals surface area contributed by atoms with Crippen LogP contribution in [0, 0.1) is 5.41 Å². The molecule has 0 bridgehead atoms. The number of nitrogens with one attached hydrogen (secondary N) is 1. The second kappa shape index (κ2) is 2.92. The Balaban J connectivity index is 3.27. The first kappa shape index (κ1) is 8.07. The Morgan fingerprint density at radius 2 is 2.09 bits per heavy atom. The molecule has 0 heterocycles.